The van der Waals surface area contributed by atoms with Crippen molar-refractivity contribution in [3.8, 4) is 17.6 Å². The van der Waals surface area contributed by atoms with Gasteiger partial charge in [-0.3, -0.25) is 4.79 Å². The number of carbonyl (C=O) groups is 2. The lowest BCUT2D eigenvalue weighted by atomic mass is 10.1. The predicted molar refractivity (Wildman–Crippen MR) is 83.4 cm³/mol. The second-order valence-corrected chi connectivity index (χ2v) is 4.70. The molecule has 5 nitrogen and oxygen atoms in total. The molecule has 0 atom stereocenters. The maximum absolute atomic E-state index is 11.7. The van der Waals surface area contributed by atoms with Gasteiger partial charge in [-0.2, -0.15) is 5.26 Å². The summed E-state index contributed by atoms with van der Waals surface area (Å²) < 4.78 is 10.4. The van der Waals surface area contributed by atoms with E-state index in [-0.39, 0.29) is 12.4 Å². The molecule has 0 bridgehead atoms. The molecular formula is C18H15NO4. The number of ether oxygens (including phenoxy) is 2. The molecule has 0 amide bonds. The number of nitrogens with zero attached hydrogens (tertiary/aromatic N) is 1. The van der Waals surface area contributed by atoms with Gasteiger partial charge in [0.15, 0.2) is 12.4 Å². The van der Waals surface area contributed by atoms with Gasteiger partial charge in [-0.15, -0.1) is 0 Å². The van der Waals surface area contributed by atoms with Crippen molar-refractivity contribution in [2.75, 3.05) is 6.61 Å². The van der Waals surface area contributed by atoms with Crippen molar-refractivity contribution >= 4 is 11.8 Å². The highest BCUT2D eigenvalue weighted by atomic mass is 16.6. The number of hydrogen-bond donors (Lipinski definition) is 0. The Morgan fingerprint density at radius 1 is 1.00 bits per heavy atom. The Hall–Kier alpha value is -3.13. The highest BCUT2D eigenvalue weighted by Crippen LogP contribution is 2.15. The van der Waals surface area contributed by atoms with Crippen molar-refractivity contribution in [1.29, 1.82) is 5.26 Å². The lowest BCUT2D eigenvalue weighted by Crippen LogP contribution is -2.17. The Morgan fingerprint density at radius 2 is 1.61 bits per heavy atom. The molecule has 5 heteroatoms. The topological polar surface area (TPSA) is 76.4 Å². The van der Waals surface area contributed by atoms with Crippen LogP contribution in [0.1, 0.15) is 29.3 Å². The first-order valence-corrected chi connectivity index (χ1v) is 7.09. The van der Waals surface area contributed by atoms with Crippen LogP contribution in [-0.2, 0) is 4.79 Å². The molecule has 0 saturated heterocycles. The first-order chi connectivity index (χ1) is 11.1. The van der Waals surface area contributed by atoms with Crippen LogP contribution < -0.4 is 9.47 Å². The monoisotopic (exact) mass is 309 g/mol. The van der Waals surface area contributed by atoms with Crippen LogP contribution in [0.3, 0.4) is 0 Å². The molecule has 0 spiro atoms. The van der Waals surface area contributed by atoms with Gasteiger partial charge < -0.3 is 9.47 Å². The van der Waals surface area contributed by atoms with Gasteiger partial charge in [-0.05, 0) is 48.5 Å². The van der Waals surface area contributed by atoms with Gasteiger partial charge in [0.05, 0.1) is 11.6 Å². The average molecular weight is 309 g/mol. The van der Waals surface area contributed by atoms with Crippen molar-refractivity contribution in [1.82, 2.24) is 0 Å². The Bertz CT molecular complexity index is 727. The van der Waals surface area contributed by atoms with Crippen LogP contribution in [-0.4, -0.2) is 18.4 Å². The molecule has 2 aromatic carbocycles. The Morgan fingerprint density at radius 3 is 2.17 bits per heavy atom. The molecule has 23 heavy (non-hydrogen) atoms. The maximum atomic E-state index is 11.7. The molecule has 2 rings (SSSR count). The average Bonchev–Trinajstić information content (AvgIpc) is 2.60. The summed E-state index contributed by atoms with van der Waals surface area (Å²) in [6, 6.07) is 14.8. The van der Waals surface area contributed by atoms with Crippen molar-refractivity contribution in [3.05, 3.63) is 59.7 Å². The fraction of sp³-hybridized carbons (Fsp3) is 0.167. The third-order valence-electron chi connectivity index (χ3n) is 3.07. The molecule has 0 radical (unpaired) electrons. The smallest absolute Gasteiger partial charge is 0.349 e. The van der Waals surface area contributed by atoms with E-state index in [1.165, 1.54) is 0 Å². The molecule has 0 heterocycles. The number of nitriles is 1. The summed E-state index contributed by atoms with van der Waals surface area (Å²) >= 11 is 0. The van der Waals surface area contributed by atoms with Gasteiger partial charge in [0, 0.05) is 12.0 Å². The van der Waals surface area contributed by atoms with Crippen molar-refractivity contribution < 1.29 is 19.1 Å². The number of Topliss-reactive ketones (excluding diaryl/α,β-unsaturated/α-hetero) is 1. The summed E-state index contributed by atoms with van der Waals surface area (Å²) in [5.41, 5.74) is 1.10. The fourth-order valence-electron chi connectivity index (χ4n) is 1.84. The standard InChI is InChI=1S/C18H15NO4/c1-2-17(20)14-5-9-15(10-6-14)22-12-18(21)23-16-7-3-13(11-19)4-8-16/h3-10H,2,12H2,1H3. The minimum Gasteiger partial charge on any atom is -0.482 e. The quantitative estimate of drug-likeness (QED) is 0.465. The largest absolute Gasteiger partial charge is 0.482 e. The number of hydrogen-bond acceptors (Lipinski definition) is 5. The summed E-state index contributed by atoms with van der Waals surface area (Å²) in [6.45, 7) is 1.55. The summed E-state index contributed by atoms with van der Waals surface area (Å²) in [6.07, 6.45) is 0.442. The van der Waals surface area contributed by atoms with Crippen LogP contribution >= 0.6 is 0 Å². The summed E-state index contributed by atoms with van der Waals surface area (Å²) in [7, 11) is 0. The number of ketones is 1. The van der Waals surface area contributed by atoms with Gasteiger partial charge in [0.25, 0.3) is 0 Å². The van der Waals surface area contributed by atoms with Gasteiger partial charge >= 0.3 is 5.97 Å². The van der Waals surface area contributed by atoms with E-state index in [0.29, 0.717) is 29.0 Å². The normalized spacial score (nSPS) is 9.74. The summed E-state index contributed by atoms with van der Waals surface area (Å²) in [5, 5.41) is 8.69. The number of esters is 1. The molecule has 0 aliphatic rings. The maximum Gasteiger partial charge on any atom is 0.349 e. The van der Waals surface area contributed by atoms with Gasteiger partial charge in [-0.25, -0.2) is 4.79 Å². The number of carbonyl (C=O) groups excluding carboxylic acids is 2. The molecule has 0 aliphatic carbocycles. The first-order valence-electron chi connectivity index (χ1n) is 7.09. The second-order valence-electron chi connectivity index (χ2n) is 4.70. The third-order valence-corrected chi connectivity index (χ3v) is 3.07. The molecule has 0 aromatic heterocycles. The van der Waals surface area contributed by atoms with E-state index in [9.17, 15) is 9.59 Å². The van der Waals surface area contributed by atoms with E-state index >= 15 is 0 Å². The fourth-order valence-corrected chi connectivity index (χ4v) is 1.84. The van der Waals surface area contributed by atoms with Crippen LogP contribution in [0.2, 0.25) is 0 Å². The minimum absolute atomic E-state index is 0.0526. The predicted octanol–water partition coefficient (Wildman–Crippen LogP) is 3.14. The van der Waals surface area contributed by atoms with Crippen LogP contribution in [0.25, 0.3) is 0 Å². The minimum atomic E-state index is -0.552. The number of rotatable bonds is 6. The zero-order valence-corrected chi connectivity index (χ0v) is 12.6. The van der Waals surface area contributed by atoms with Gasteiger partial charge in [-0.1, -0.05) is 6.92 Å². The molecule has 116 valence electrons. The Labute approximate surface area is 134 Å². The van der Waals surface area contributed by atoms with E-state index in [1.807, 2.05) is 6.07 Å². The van der Waals surface area contributed by atoms with Crippen LogP contribution in [0, 0.1) is 11.3 Å². The lowest BCUT2D eigenvalue weighted by Gasteiger charge is -2.07. The number of benzene rings is 2. The summed E-state index contributed by atoms with van der Waals surface area (Å²) in [4.78, 5) is 23.2. The molecule has 2 aromatic rings. The zero-order valence-electron chi connectivity index (χ0n) is 12.6. The summed E-state index contributed by atoms with van der Waals surface area (Å²) in [5.74, 6) is 0.330. The second kappa shape index (κ2) is 7.76. The van der Waals surface area contributed by atoms with Crippen molar-refractivity contribution in [2.45, 2.75) is 13.3 Å². The first kappa shape index (κ1) is 16.2. The molecule has 0 saturated carbocycles. The highest BCUT2D eigenvalue weighted by molar-refractivity contribution is 5.95. The highest BCUT2D eigenvalue weighted by Gasteiger charge is 2.07. The van der Waals surface area contributed by atoms with E-state index in [4.69, 9.17) is 14.7 Å². The zero-order chi connectivity index (χ0) is 16.7. The molecule has 0 unspecified atom stereocenters. The van der Waals surface area contributed by atoms with Gasteiger partial charge in [0.1, 0.15) is 11.5 Å². The molecule has 0 N–H and O–H groups in total. The molecular weight excluding hydrogens is 294 g/mol. The lowest BCUT2D eigenvalue weighted by molar-refractivity contribution is -0.136. The third kappa shape index (κ3) is 4.68. The van der Waals surface area contributed by atoms with E-state index in [0.717, 1.165) is 0 Å². The van der Waals surface area contributed by atoms with Crippen LogP contribution in [0.4, 0.5) is 0 Å². The molecule has 0 aliphatic heterocycles. The van der Waals surface area contributed by atoms with Crippen LogP contribution in [0.15, 0.2) is 48.5 Å². The molecule has 0 fully saturated rings. The SMILES string of the molecule is CCC(=O)c1ccc(OCC(=O)Oc2ccc(C#N)cc2)cc1. The van der Waals surface area contributed by atoms with Crippen molar-refractivity contribution in [2.24, 2.45) is 0 Å². The van der Waals surface area contributed by atoms with Crippen molar-refractivity contribution in [3.63, 3.8) is 0 Å². The van der Waals surface area contributed by atoms with E-state index in [1.54, 1.807) is 55.5 Å². The Balaban J connectivity index is 1.86. The Kier molecular flexibility index (Phi) is 5.48. The van der Waals surface area contributed by atoms with E-state index < -0.39 is 5.97 Å². The van der Waals surface area contributed by atoms with Gasteiger partial charge in [0.2, 0.25) is 0 Å². The van der Waals surface area contributed by atoms with E-state index in [2.05, 4.69) is 0 Å². The van der Waals surface area contributed by atoms with Crippen LogP contribution in [0.5, 0.6) is 11.5 Å².